The van der Waals surface area contributed by atoms with Crippen LogP contribution >= 0.6 is 0 Å². The van der Waals surface area contributed by atoms with E-state index in [1.54, 1.807) is 0 Å². The van der Waals surface area contributed by atoms with Gasteiger partial charge in [0.15, 0.2) is 0 Å². The number of allylic oxidation sites excluding steroid dienone is 1. The van der Waals surface area contributed by atoms with E-state index in [2.05, 4.69) is 57.2 Å². The first-order valence-electron chi connectivity index (χ1n) is 5.43. The smallest absolute Gasteiger partial charge is 0.0266 e. The summed E-state index contributed by atoms with van der Waals surface area (Å²) in [6, 6.07) is 8.52. The molecule has 0 amide bonds. The van der Waals surface area contributed by atoms with E-state index in [1.165, 1.54) is 11.1 Å². The van der Waals surface area contributed by atoms with Gasteiger partial charge in [0.25, 0.3) is 0 Å². The summed E-state index contributed by atoms with van der Waals surface area (Å²) in [5, 5.41) is 0. The van der Waals surface area contributed by atoms with E-state index >= 15 is 0 Å². The minimum Gasteiger partial charge on any atom is -0.324 e. The fourth-order valence-electron chi connectivity index (χ4n) is 1.26. The molecule has 0 spiro atoms. The minimum atomic E-state index is 0.116. The molecule has 0 fully saturated rings. The summed E-state index contributed by atoms with van der Waals surface area (Å²) in [4.78, 5) is 0. The summed E-state index contributed by atoms with van der Waals surface area (Å²) in [6.45, 7) is 8.58. The zero-order valence-electron chi connectivity index (χ0n) is 10.1. The molecule has 1 atom stereocenters. The van der Waals surface area contributed by atoms with E-state index in [4.69, 9.17) is 5.73 Å². The molecule has 1 nitrogen and oxygen atoms in total. The Bertz CT molecular complexity index is 325. The van der Waals surface area contributed by atoms with Crippen molar-refractivity contribution >= 4 is 6.08 Å². The molecule has 0 heterocycles. The Morgan fingerprint density at radius 1 is 1.13 bits per heavy atom. The van der Waals surface area contributed by atoms with Crippen LogP contribution in [0.2, 0.25) is 0 Å². The van der Waals surface area contributed by atoms with Crippen LogP contribution in [-0.4, -0.2) is 0 Å². The maximum absolute atomic E-state index is 5.79. The van der Waals surface area contributed by atoms with Crippen molar-refractivity contribution < 1.29 is 0 Å². The van der Waals surface area contributed by atoms with Crippen LogP contribution in [-0.2, 0) is 0 Å². The maximum Gasteiger partial charge on any atom is 0.0266 e. The van der Waals surface area contributed by atoms with Gasteiger partial charge in [-0.05, 0) is 23.5 Å². The van der Waals surface area contributed by atoms with E-state index in [-0.39, 0.29) is 11.5 Å². The first-order chi connectivity index (χ1) is 6.88. The second-order valence-electron chi connectivity index (χ2n) is 5.15. The summed E-state index contributed by atoms with van der Waals surface area (Å²) in [6.07, 6.45) is 4.37. The SMILES string of the molecule is C[C@@H](N)c1ccc(/C=C/C(C)(C)C)cc1. The molecule has 0 saturated heterocycles. The third kappa shape index (κ3) is 4.30. The Hall–Kier alpha value is -1.08. The predicted molar refractivity (Wildman–Crippen MR) is 67.5 cm³/mol. The van der Waals surface area contributed by atoms with E-state index in [9.17, 15) is 0 Å². The van der Waals surface area contributed by atoms with E-state index in [0.717, 1.165) is 0 Å². The molecule has 0 radical (unpaired) electrons. The van der Waals surface area contributed by atoms with Gasteiger partial charge in [-0.2, -0.15) is 0 Å². The van der Waals surface area contributed by atoms with Crippen molar-refractivity contribution in [2.24, 2.45) is 11.1 Å². The Morgan fingerprint density at radius 3 is 2.07 bits per heavy atom. The van der Waals surface area contributed by atoms with Crippen LogP contribution in [0, 0.1) is 5.41 Å². The van der Waals surface area contributed by atoms with Crippen LogP contribution in [0.4, 0.5) is 0 Å². The van der Waals surface area contributed by atoms with Crippen molar-refractivity contribution in [2.75, 3.05) is 0 Å². The fraction of sp³-hybridized carbons (Fsp3) is 0.429. The van der Waals surface area contributed by atoms with Crippen molar-refractivity contribution in [2.45, 2.75) is 33.7 Å². The molecule has 0 unspecified atom stereocenters. The lowest BCUT2D eigenvalue weighted by atomic mass is 9.95. The Balaban J connectivity index is 2.77. The Labute approximate surface area is 93.0 Å². The molecule has 0 saturated carbocycles. The van der Waals surface area contributed by atoms with Crippen LogP contribution in [0.25, 0.3) is 6.08 Å². The van der Waals surface area contributed by atoms with Crippen molar-refractivity contribution in [3.8, 4) is 0 Å². The van der Waals surface area contributed by atoms with Crippen molar-refractivity contribution in [3.63, 3.8) is 0 Å². The van der Waals surface area contributed by atoms with E-state index in [0.29, 0.717) is 0 Å². The first kappa shape index (κ1) is 12.0. The topological polar surface area (TPSA) is 26.0 Å². The summed E-state index contributed by atoms with van der Waals surface area (Å²) in [5.74, 6) is 0. The van der Waals surface area contributed by atoms with Crippen molar-refractivity contribution in [1.82, 2.24) is 0 Å². The molecule has 0 aliphatic rings. The van der Waals surface area contributed by atoms with Gasteiger partial charge >= 0.3 is 0 Å². The maximum atomic E-state index is 5.79. The van der Waals surface area contributed by atoms with E-state index in [1.807, 2.05) is 6.92 Å². The molecule has 0 aliphatic carbocycles. The van der Waals surface area contributed by atoms with Gasteiger partial charge in [0.1, 0.15) is 0 Å². The summed E-state index contributed by atoms with van der Waals surface area (Å²) in [5.41, 5.74) is 8.44. The van der Waals surface area contributed by atoms with Gasteiger partial charge in [0, 0.05) is 6.04 Å². The van der Waals surface area contributed by atoms with Gasteiger partial charge in [0.2, 0.25) is 0 Å². The molecule has 1 rings (SSSR count). The zero-order chi connectivity index (χ0) is 11.5. The molecule has 0 aromatic heterocycles. The number of rotatable bonds is 2. The normalized spacial score (nSPS) is 14.5. The van der Waals surface area contributed by atoms with Gasteiger partial charge < -0.3 is 5.73 Å². The quantitative estimate of drug-likeness (QED) is 0.778. The number of hydrogen-bond donors (Lipinski definition) is 1. The summed E-state index contributed by atoms with van der Waals surface area (Å²) in [7, 11) is 0. The average molecular weight is 203 g/mol. The lowest BCUT2D eigenvalue weighted by molar-refractivity contribution is 0.547. The van der Waals surface area contributed by atoms with Crippen molar-refractivity contribution in [1.29, 1.82) is 0 Å². The summed E-state index contributed by atoms with van der Waals surface area (Å²) >= 11 is 0. The van der Waals surface area contributed by atoms with Crippen LogP contribution < -0.4 is 5.73 Å². The molecule has 82 valence electrons. The fourth-order valence-corrected chi connectivity index (χ4v) is 1.26. The highest BCUT2D eigenvalue weighted by Crippen LogP contribution is 2.18. The molecular formula is C14H21N. The van der Waals surface area contributed by atoms with Crippen LogP contribution in [0.1, 0.15) is 44.9 Å². The second kappa shape index (κ2) is 4.63. The zero-order valence-corrected chi connectivity index (χ0v) is 10.1. The molecule has 1 aromatic carbocycles. The molecule has 2 N–H and O–H groups in total. The van der Waals surface area contributed by atoms with Gasteiger partial charge in [-0.1, -0.05) is 57.2 Å². The monoisotopic (exact) mass is 203 g/mol. The summed E-state index contributed by atoms with van der Waals surface area (Å²) < 4.78 is 0. The van der Waals surface area contributed by atoms with E-state index < -0.39 is 0 Å². The van der Waals surface area contributed by atoms with Crippen LogP contribution in [0.15, 0.2) is 30.3 Å². The van der Waals surface area contributed by atoms with Crippen molar-refractivity contribution in [3.05, 3.63) is 41.5 Å². The second-order valence-corrected chi connectivity index (χ2v) is 5.15. The highest BCUT2D eigenvalue weighted by Gasteiger charge is 2.03. The number of benzene rings is 1. The Kier molecular flexibility index (Phi) is 3.70. The predicted octanol–water partition coefficient (Wildman–Crippen LogP) is 3.77. The molecule has 1 aromatic rings. The largest absolute Gasteiger partial charge is 0.324 e. The lowest BCUT2D eigenvalue weighted by Crippen LogP contribution is -2.04. The third-order valence-electron chi connectivity index (χ3n) is 2.24. The number of hydrogen-bond acceptors (Lipinski definition) is 1. The van der Waals surface area contributed by atoms with Gasteiger partial charge in [0.05, 0.1) is 0 Å². The highest BCUT2D eigenvalue weighted by atomic mass is 14.6. The number of nitrogens with two attached hydrogens (primary N) is 1. The molecule has 0 aliphatic heterocycles. The lowest BCUT2D eigenvalue weighted by Gasteiger charge is -2.11. The molecular weight excluding hydrogens is 182 g/mol. The molecule has 1 heteroatoms. The van der Waals surface area contributed by atoms with Gasteiger partial charge in [-0.25, -0.2) is 0 Å². The minimum absolute atomic E-state index is 0.116. The Morgan fingerprint density at radius 2 is 1.67 bits per heavy atom. The van der Waals surface area contributed by atoms with Crippen LogP contribution in [0.3, 0.4) is 0 Å². The van der Waals surface area contributed by atoms with Gasteiger partial charge in [-0.15, -0.1) is 0 Å². The average Bonchev–Trinajstić information content (AvgIpc) is 2.14. The standard InChI is InChI=1S/C14H21N/c1-11(15)13-7-5-12(6-8-13)9-10-14(2,3)4/h5-11H,15H2,1-4H3/b10-9+/t11-/m1/s1. The molecule has 15 heavy (non-hydrogen) atoms. The van der Waals surface area contributed by atoms with Gasteiger partial charge in [-0.3, -0.25) is 0 Å². The van der Waals surface area contributed by atoms with Crippen LogP contribution in [0.5, 0.6) is 0 Å². The highest BCUT2D eigenvalue weighted by molar-refractivity contribution is 5.50. The molecule has 0 bridgehead atoms. The third-order valence-corrected chi connectivity index (χ3v) is 2.24. The first-order valence-corrected chi connectivity index (χ1v) is 5.43.